The van der Waals surface area contributed by atoms with E-state index in [1.165, 1.54) is 0 Å². The van der Waals surface area contributed by atoms with E-state index in [1.54, 1.807) is 13.4 Å². The average Bonchev–Trinajstić information content (AvgIpc) is 3.27. The molecule has 3 heterocycles. The quantitative estimate of drug-likeness (QED) is 0.489. The number of hydrogen-bond acceptors (Lipinski definition) is 3. The molecule has 0 aliphatic carbocycles. The van der Waals surface area contributed by atoms with E-state index in [0.29, 0.717) is 6.54 Å². The van der Waals surface area contributed by atoms with Gasteiger partial charge in [0, 0.05) is 27.6 Å². The maximum Gasteiger partial charge on any atom is 0.161 e. The van der Waals surface area contributed by atoms with E-state index in [0.717, 1.165) is 50.0 Å². The van der Waals surface area contributed by atoms with Crippen LogP contribution in [0.3, 0.4) is 0 Å². The van der Waals surface area contributed by atoms with Crippen molar-refractivity contribution in [3.05, 3.63) is 83.0 Å². The summed E-state index contributed by atoms with van der Waals surface area (Å²) in [5.41, 5.74) is 3.87. The first-order valence-electron chi connectivity index (χ1n) is 8.32. The van der Waals surface area contributed by atoms with Crippen molar-refractivity contribution in [1.82, 2.24) is 4.57 Å². The van der Waals surface area contributed by atoms with Crippen LogP contribution in [0.25, 0.3) is 16.5 Å². The fourth-order valence-corrected chi connectivity index (χ4v) is 3.71. The smallest absolute Gasteiger partial charge is 0.161 e. The number of hydrogen-bond donors (Lipinski definition) is 0. The Bertz CT molecular complexity index is 1170. The molecule has 0 fully saturated rings. The summed E-state index contributed by atoms with van der Waals surface area (Å²) < 4.78 is 13.4. The van der Waals surface area contributed by atoms with Crippen molar-refractivity contribution < 1.29 is 9.15 Å². The first kappa shape index (κ1) is 15.3. The van der Waals surface area contributed by atoms with E-state index < -0.39 is 0 Å². The summed E-state index contributed by atoms with van der Waals surface area (Å²) in [5.74, 6) is 1.56. The standard InChI is InChI=1S/C21H15ClN2O2/c1-25-14-7-8-15-13(10-14)12-26-21(15)20-19-6-3-9-24(19)18-5-2-4-17(22)16(18)11-23-20/h2-10,12H,11H2,1H3. The summed E-state index contributed by atoms with van der Waals surface area (Å²) in [7, 11) is 1.66. The van der Waals surface area contributed by atoms with Gasteiger partial charge < -0.3 is 13.7 Å². The van der Waals surface area contributed by atoms with Gasteiger partial charge in [-0.1, -0.05) is 17.7 Å². The van der Waals surface area contributed by atoms with Gasteiger partial charge in [0.15, 0.2) is 5.76 Å². The Morgan fingerprint density at radius 2 is 2.08 bits per heavy atom. The molecule has 0 radical (unpaired) electrons. The summed E-state index contributed by atoms with van der Waals surface area (Å²) in [6.45, 7) is 0.504. The lowest BCUT2D eigenvalue weighted by molar-refractivity contribution is 0.415. The van der Waals surface area contributed by atoms with Crippen LogP contribution < -0.4 is 4.74 Å². The van der Waals surface area contributed by atoms with Crippen molar-refractivity contribution in [2.45, 2.75) is 6.54 Å². The van der Waals surface area contributed by atoms with Crippen LogP contribution in [0.15, 0.2) is 70.4 Å². The predicted octanol–water partition coefficient (Wildman–Crippen LogP) is 5.24. The van der Waals surface area contributed by atoms with Crippen molar-refractivity contribution in [2.75, 3.05) is 7.11 Å². The number of halogens is 1. The second kappa shape index (κ2) is 5.78. The van der Waals surface area contributed by atoms with Crippen LogP contribution in [0.2, 0.25) is 5.02 Å². The van der Waals surface area contributed by atoms with E-state index in [1.807, 2.05) is 48.7 Å². The molecule has 26 heavy (non-hydrogen) atoms. The molecule has 5 heteroatoms. The Morgan fingerprint density at radius 3 is 2.96 bits per heavy atom. The second-order valence-electron chi connectivity index (χ2n) is 6.18. The summed E-state index contributed by atoms with van der Waals surface area (Å²) in [6.07, 6.45) is 3.77. The maximum atomic E-state index is 6.43. The molecular formula is C21H15ClN2O2. The van der Waals surface area contributed by atoms with Crippen LogP contribution in [-0.2, 0) is 6.54 Å². The number of furan rings is 1. The van der Waals surface area contributed by atoms with E-state index in [4.69, 9.17) is 25.7 Å². The maximum absolute atomic E-state index is 6.43. The van der Waals surface area contributed by atoms with E-state index >= 15 is 0 Å². The zero-order valence-electron chi connectivity index (χ0n) is 14.1. The highest BCUT2D eigenvalue weighted by atomic mass is 35.5. The number of aliphatic imine (C=N–C) groups is 1. The van der Waals surface area contributed by atoms with Gasteiger partial charge in [0.1, 0.15) is 11.5 Å². The Hall–Kier alpha value is -2.98. The molecule has 2 aromatic heterocycles. The van der Waals surface area contributed by atoms with Crippen molar-refractivity contribution >= 4 is 28.1 Å². The molecule has 0 amide bonds. The normalized spacial score (nSPS) is 13.1. The molecule has 1 aliphatic heterocycles. The van der Waals surface area contributed by atoms with Crippen LogP contribution >= 0.6 is 11.6 Å². The van der Waals surface area contributed by atoms with Gasteiger partial charge in [-0.15, -0.1) is 0 Å². The van der Waals surface area contributed by atoms with Gasteiger partial charge in [-0.25, -0.2) is 0 Å². The summed E-state index contributed by atoms with van der Waals surface area (Å²) in [4.78, 5) is 4.86. The third-order valence-electron chi connectivity index (χ3n) is 4.76. The lowest BCUT2D eigenvalue weighted by Gasteiger charge is -2.11. The second-order valence-corrected chi connectivity index (χ2v) is 6.59. The Labute approximate surface area is 155 Å². The highest BCUT2D eigenvalue weighted by Gasteiger charge is 2.23. The van der Waals surface area contributed by atoms with Crippen molar-refractivity contribution in [3.8, 4) is 11.4 Å². The minimum atomic E-state index is 0.504. The molecule has 0 saturated heterocycles. The Kier molecular flexibility index (Phi) is 3.40. The van der Waals surface area contributed by atoms with Crippen LogP contribution in [0.5, 0.6) is 5.75 Å². The van der Waals surface area contributed by atoms with Gasteiger partial charge in [0.05, 0.1) is 31.3 Å². The van der Waals surface area contributed by atoms with Gasteiger partial charge in [-0.2, -0.15) is 0 Å². The number of fused-ring (bicyclic) bond motifs is 4. The summed E-state index contributed by atoms with van der Waals surface area (Å²) in [5, 5.41) is 2.72. The van der Waals surface area contributed by atoms with Gasteiger partial charge in [0.2, 0.25) is 0 Å². The van der Waals surface area contributed by atoms with Crippen LogP contribution in [0.1, 0.15) is 17.0 Å². The first-order valence-corrected chi connectivity index (χ1v) is 8.69. The minimum absolute atomic E-state index is 0.504. The number of benzene rings is 2. The molecule has 4 aromatic rings. The molecule has 0 bridgehead atoms. The average molecular weight is 363 g/mol. The molecule has 0 N–H and O–H groups in total. The lowest BCUT2D eigenvalue weighted by atomic mass is 10.1. The monoisotopic (exact) mass is 362 g/mol. The molecular weight excluding hydrogens is 348 g/mol. The number of rotatable bonds is 2. The van der Waals surface area contributed by atoms with Gasteiger partial charge in [0.25, 0.3) is 0 Å². The first-order chi connectivity index (χ1) is 12.8. The highest BCUT2D eigenvalue weighted by Crippen LogP contribution is 2.32. The molecule has 5 rings (SSSR count). The number of ether oxygens (including phenoxy) is 1. The number of nitrogens with zero attached hydrogens (tertiary/aromatic N) is 2. The molecule has 1 aliphatic rings. The Morgan fingerprint density at radius 1 is 1.15 bits per heavy atom. The van der Waals surface area contributed by atoms with Crippen LogP contribution in [-0.4, -0.2) is 17.4 Å². The zero-order chi connectivity index (χ0) is 17.7. The SMILES string of the molecule is COc1ccc2c(C3=NCc4c(Cl)cccc4-n4cccc43)occ2c1. The fraction of sp³-hybridized carbons (Fsp3) is 0.0952. The zero-order valence-corrected chi connectivity index (χ0v) is 14.8. The van der Waals surface area contributed by atoms with Gasteiger partial charge >= 0.3 is 0 Å². The van der Waals surface area contributed by atoms with Crippen molar-refractivity contribution in [2.24, 2.45) is 4.99 Å². The minimum Gasteiger partial charge on any atom is -0.497 e. The van der Waals surface area contributed by atoms with E-state index in [2.05, 4.69) is 10.6 Å². The molecule has 0 saturated carbocycles. The van der Waals surface area contributed by atoms with Gasteiger partial charge in [-0.3, -0.25) is 4.99 Å². The lowest BCUT2D eigenvalue weighted by Crippen LogP contribution is -2.07. The largest absolute Gasteiger partial charge is 0.497 e. The topological polar surface area (TPSA) is 39.7 Å². The molecule has 128 valence electrons. The van der Waals surface area contributed by atoms with Crippen molar-refractivity contribution in [3.63, 3.8) is 0 Å². The number of aromatic nitrogens is 1. The summed E-state index contributed by atoms with van der Waals surface area (Å²) >= 11 is 6.43. The third kappa shape index (κ3) is 2.19. The van der Waals surface area contributed by atoms with Gasteiger partial charge in [-0.05, 0) is 42.5 Å². The van der Waals surface area contributed by atoms with Crippen LogP contribution in [0, 0.1) is 0 Å². The summed E-state index contributed by atoms with van der Waals surface area (Å²) in [6, 6.07) is 15.9. The van der Waals surface area contributed by atoms with E-state index in [-0.39, 0.29) is 0 Å². The molecule has 0 spiro atoms. The predicted molar refractivity (Wildman–Crippen MR) is 103 cm³/mol. The van der Waals surface area contributed by atoms with E-state index in [9.17, 15) is 0 Å². The number of methoxy groups -OCH3 is 1. The fourth-order valence-electron chi connectivity index (χ4n) is 3.48. The van der Waals surface area contributed by atoms with Crippen LogP contribution in [0.4, 0.5) is 0 Å². The highest BCUT2D eigenvalue weighted by molar-refractivity contribution is 6.31. The Balaban J connectivity index is 1.73. The third-order valence-corrected chi connectivity index (χ3v) is 5.12. The van der Waals surface area contributed by atoms with Crippen molar-refractivity contribution in [1.29, 1.82) is 0 Å². The molecule has 2 aromatic carbocycles. The molecule has 4 nitrogen and oxygen atoms in total. The molecule has 0 unspecified atom stereocenters. The molecule has 0 atom stereocenters.